The normalized spacial score (nSPS) is 26.9. The van der Waals surface area contributed by atoms with E-state index in [0.29, 0.717) is 6.42 Å². The van der Waals surface area contributed by atoms with Crippen LogP contribution in [0.3, 0.4) is 0 Å². The molecule has 110 valence electrons. The van der Waals surface area contributed by atoms with E-state index in [1.54, 1.807) is 6.92 Å². The molecule has 0 radical (unpaired) electrons. The first kappa shape index (κ1) is 15.2. The number of ether oxygens (including phenoxy) is 1. The first-order valence-corrected chi connectivity index (χ1v) is 7.33. The molecule has 4 atom stereocenters. The number of Topliss-reactive ketones (excluding diaryl/α,β-unsaturated/α-hetero) is 1. The zero-order valence-corrected chi connectivity index (χ0v) is 12.7. The minimum absolute atomic E-state index is 0.0909. The molecule has 0 fully saturated rings. The van der Waals surface area contributed by atoms with Gasteiger partial charge in [-0.15, -0.1) is 0 Å². The summed E-state index contributed by atoms with van der Waals surface area (Å²) in [5.41, 5.74) is 3.61. The summed E-state index contributed by atoms with van der Waals surface area (Å²) >= 11 is 0. The van der Waals surface area contributed by atoms with Gasteiger partial charge in [0, 0.05) is 24.9 Å². The van der Waals surface area contributed by atoms with Crippen LogP contribution < -0.4 is 0 Å². The van der Waals surface area contributed by atoms with E-state index in [2.05, 4.69) is 32.0 Å². The number of aryl methyl sites for hydroxylation is 1. The van der Waals surface area contributed by atoms with Crippen LogP contribution in [-0.4, -0.2) is 23.6 Å². The van der Waals surface area contributed by atoms with Crippen molar-refractivity contribution in [3.8, 4) is 0 Å². The van der Waals surface area contributed by atoms with Gasteiger partial charge in [0.15, 0.2) is 0 Å². The summed E-state index contributed by atoms with van der Waals surface area (Å²) in [6.45, 7) is 7.82. The van der Waals surface area contributed by atoms with Gasteiger partial charge in [0.25, 0.3) is 0 Å². The molecule has 0 aromatic heterocycles. The highest BCUT2D eigenvalue weighted by Crippen LogP contribution is 2.42. The van der Waals surface area contributed by atoms with Gasteiger partial charge in [0.05, 0.1) is 12.2 Å². The lowest BCUT2D eigenvalue weighted by atomic mass is 9.79. The zero-order valence-electron chi connectivity index (χ0n) is 12.7. The second-order valence-corrected chi connectivity index (χ2v) is 5.92. The maximum atomic E-state index is 11.7. The molecule has 0 saturated carbocycles. The van der Waals surface area contributed by atoms with Crippen LogP contribution in [0.5, 0.6) is 0 Å². The highest BCUT2D eigenvalue weighted by Gasteiger charge is 2.37. The van der Waals surface area contributed by atoms with Gasteiger partial charge in [-0.3, -0.25) is 4.79 Å². The van der Waals surface area contributed by atoms with Crippen molar-refractivity contribution in [3.05, 3.63) is 34.9 Å². The third-order valence-corrected chi connectivity index (χ3v) is 4.42. The molecule has 0 saturated heterocycles. The van der Waals surface area contributed by atoms with E-state index < -0.39 is 0 Å². The Balaban J connectivity index is 2.40. The molecule has 0 unspecified atom stereocenters. The van der Waals surface area contributed by atoms with Gasteiger partial charge in [-0.05, 0) is 25.0 Å². The number of aliphatic hydroxyl groups is 1. The van der Waals surface area contributed by atoms with Gasteiger partial charge in [-0.1, -0.05) is 37.6 Å². The van der Waals surface area contributed by atoms with E-state index in [1.165, 1.54) is 16.7 Å². The first-order valence-electron chi connectivity index (χ1n) is 7.33. The predicted octanol–water partition coefficient (Wildman–Crippen LogP) is 3.15. The van der Waals surface area contributed by atoms with E-state index in [9.17, 15) is 9.90 Å². The summed E-state index contributed by atoms with van der Waals surface area (Å²) < 4.78 is 6.16. The molecule has 1 aromatic rings. The Bertz CT molecular complexity index is 495. The fraction of sp³-hybridized carbons (Fsp3) is 0.588. The number of hydrogen-bond donors (Lipinski definition) is 1. The minimum atomic E-state index is -0.124. The Labute approximate surface area is 121 Å². The number of hydrogen-bond acceptors (Lipinski definition) is 3. The molecule has 1 aliphatic heterocycles. The third kappa shape index (κ3) is 2.79. The Morgan fingerprint density at radius 1 is 1.40 bits per heavy atom. The second-order valence-electron chi connectivity index (χ2n) is 5.92. The number of carbonyl (C=O) groups excluding carboxylic acids is 1. The highest BCUT2D eigenvalue weighted by atomic mass is 16.5. The summed E-state index contributed by atoms with van der Waals surface area (Å²) in [4.78, 5) is 11.7. The summed E-state index contributed by atoms with van der Waals surface area (Å²) in [5.74, 6) is 0.222. The van der Waals surface area contributed by atoms with Gasteiger partial charge in [-0.25, -0.2) is 0 Å². The van der Waals surface area contributed by atoms with Crippen molar-refractivity contribution >= 4 is 5.78 Å². The monoisotopic (exact) mass is 276 g/mol. The average Bonchev–Trinajstić information content (AvgIpc) is 2.41. The molecule has 1 aliphatic rings. The van der Waals surface area contributed by atoms with Crippen molar-refractivity contribution in [2.75, 3.05) is 6.61 Å². The van der Waals surface area contributed by atoms with Crippen LogP contribution in [0, 0.1) is 12.8 Å². The zero-order chi connectivity index (χ0) is 14.9. The van der Waals surface area contributed by atoms with Crippen molar-refractivity contribution < 1.29 is 14.6 Å². The SMILES string of the molecule is CC(=O)[C@@H](C)[C@@H]1O[C@@H](CCO)c2cc(C)ccc2[C@@H]1C. The maximum Gasteiger partial charge on any atom is 0.135 e. The number of rotatable bonds is 4. The van der Waals surface area contributed by atoms with Crippen molar-refractivity contribution in [1.82, 2.24) is 0 Å². The van der Waals surface area contributed by atoms with E-state index in [-0.39, 0.29) is 36.4 Å². The van der Waals surface area contributed by atoms with Crippen molar-refractivity contribution in [1.29, 1.82) is 0 Å². The second kappa shape index (κ2) is 6.06. The lowest BCUT2D eigenvalue weighted by molar-refractivity contribution is -0.131. The van der Waals surface area contributed by atoms with Gasteiger partial charge in [0.1, 0.15) is 5.78 Å². The van der Waals surface area contributed by atoms with Crippen LogP contribution in [0.2, 0.25) is 0 Å². The summed E-state index contributed by atoms with van der Waals surface area (Å²) in [6, 6.07) is 6.38. The molecule has 0 aliphatic carbocycles. The van der Waals surface area contributed by atoms with Gasteiger partial charge < -0.3 is 9.84 Å². The molecule has 0 amide bonds. The number of benzene rings is 1. The largest absolute Gasteiger partial charge is 0.396 e. The van der Waals surface area contributed by atoms with Gasteiger partial charge in [-0.2, -0.15) is 0 Å². The molecular formula is C17H24O3. The van der Waals surface area contributed by atoms with Gasteiger partial charge in [0.2, 0.25) is 0 Å². The molecule has 1 aromatic carbocycles. The fourth-order valence-corrected chi connectivity index (χ4v) is 3.07. The molecule has 20 heavy (non-hydrogen) atoms. The molecule has 1 heterocycles. The lowest BCUT2D eigenvalue weighted by Crippen LogP contribution is -2.37. The lowest BCUT2D eigenvalue weighted by Gasteiger charge is -2.39. The maximum absolute atomic E-state index is 11.7. The van der Waals surface area contributed by atoms with Crippen LogP contribution >= 0.6 is 0 Å². The highest BCUT2D eigenvalue weighted by molar-refractivity contribution is 5.78. The summed E-state index contributed by atoms with van der Waals surface area (Å²) in [5, 5.41) is 9.27. The first-order chi connectivity index (χ1) is 9.45. The van der Waals surface area contributed by atoms with Crippen molar-refractivity contribution in [3.63, 3.8) is 0 Å². The fourth-order valence-electron chi connectivity index (χ4n) is 3.07. The van der Waals surface area contributed by atoms with Crippen LogP contribution in [0.25, 0.3) is 0 Å². The van der Waals surface area contributed by atoms with E-state index >= 15 is 0 Å². The average molecular weight is 276 g/mol. The molecular weight excluding hydrogens is 252 g/mol. The predicted molar refractivity (Wildman–Crippen MR) is 78.8 cm³/mol. The van der Waals surface area contributed by atoms with Crippen LogP contribution in [-0.2, 0) is 9.53 Å². The quantitative estimate of drug-likeness (QED) is 0.919. The molecule has 0 bridgehead atoms. The Morgan fingerprint density at radius 3 is 2.70 bits per heavy atom. The van der Waals surface area contributed by atoms with Gasteiger partial charge >= 0.3 is 0 Å². The van der Waals surface area contributed by atoms with Crippen molar-refractivity contribution in [2.45, 2.75) is 52.2 Å². The molecule has 1 N–H and O–H groups in total. The smallest absolute Gasteiger partial charge is 0.135 e. The van der Waals surface area contributed by atoms with E-state index in [0.717, 1.165) is 0 Å². The minimum Gasteiger partial charge on any atom is -0.396 e. The standard InChI is InChI=1S/C17H24O3/c1-10-5-6-14-12(3)17(11(2)13(4)19)20-16(7-8-18)15(14)9-10/h5-6,9,11-12,16-18H,7-8H2,1-4H3/t11-,12+,16+,17+/m1/s1. The van der Waals surface area contributed by atoms with E-state index in [4.69, 9.17) is 4.74 Å². The summed E-state index contributed by atoms with van der Waals surface area (Å²) in [7, 11) is 0. The molecule has 3 heteroatoms. The van der Waals surface area contributed by atoms with Crippen molar-refractivity contribution in [2.24, 2.45) is 5.92 Å². The Hall–Kier alpha value is -1.19. The third-order valence-electron chi connectivity index (χ3n) is 4.42. The summed E-state index contributed by atoms with van der Waals surface area (Å²) in [6.07, 6.45) is 0.349. The molecule has 2 rings (SSSR count). The van der Waals surface area contributed by atoms with E-state index in [1.807, 2.05) is 6.92 Å². The molecule has 0 spiro atoms. The number of aliphatic hydroxyl groups excluding tert-OH is 1. The topological polar surface area (TPSA) is 46.5 Å². The van der Waals surface area contributed by atoms with Crippen LogP contribution in [0.15, 0.2) is 18.2 Å². The Morgan fingerprint density at radius 2 is 2.10 bits per heavy atom. The molecule has 3 nitrogen and oxygen atoms in total. The van der Waals surface area contributed by atoms with Crippen LogP contribution in [0.1, 0.15) is 55.9 Å². The number of fused-ring (bicyclic) bond motifs is 1. The number of ketones is 1. The number of carbonyl (C=O) groups is 1. The Kier molecular flexibility index (Phi) is 4.61. The van der Waals surface area contributed by atoms with Crippen LogP contribution in [0.4, 0.5) is 0 Å².